The number of benzene rings is 1. The van der Waals surface area contributed by atoms with E-state index in [1.165, 1.54) is 28.8 Å². The molecule has 0 aliphatic rings. The first kappa shape index (κ1) is 23.2. The molecule has 2 rings (SSSR count). The molecule has 1 atom stereocenters. The Hall–Kier alpha value is -3.05. The van der Waals surface area contributed by atoms with Crippen LogP contribution < -0.4 is 10.6 Å². The summed E-state index contributed by atoms with van der Waals surface area (Å²) < 4.78 is 20.8. The predicted octanol–water partition coefficient (Wildman–Crippen LogP) is 4.85. The van der Waals surface area contributed by atoms with Crippen molar-refractivity contribution in [1.82, 2.24) is 15.2 Å². The monoisotopic (exact) mass is 434 g/mol. The highest BCUT2D eigenvalue weighted by Crippen LogP contribution is 2.26. The van der Waals surface area contributed by atoms with Gasteiger partial charge in [0.15, 0.2) is 5.69 Å². The molecular formula is C21H24ClFN4O3. The number of carbonyl (C=O) groups is 2. The lowest BCUT2D eigenvalue weighted by molar-refractivity contribution is 0.0526. The Morgan fingerprint density at radius 1 is 1.30 bits per heavy atom. The second-order valence-corrected chi connectivity index (χ2v) is 8.01. The number of nitrogens with zero attached hydrogens (tertiary/aromatic N) is 2. The summed E-state index contributed by atoms with van der Waals surface area (Å²) in [5.74, 6) is -0.772. The van der Waals surface area contributed by atoms with Crippen molar-refractivity contribution in [1.29, 1.82) is 0 Å². The van der Waals surface area contributed by atoms with Crippen LogP contribution >= 0.6 is 11.6 Å². The van der Waals surface area contributed by atoms with Crippen LogP contribution in [0.25, 0.3) is 4.85 Å². The largest absolute Gasteiger partial charge is 0.444 e. The SMILES string of the molecule is [C-]#[N+]c1ccc(C(=O)N[C@@H](C)c2c(F)cccc2Cl)n1CCNC(=O)OC(C)(C)C. The van der Waals surface area contributed by atoms with Crippen molar-refractivity contribution in [3.63, 3.8) is 0 Å². The van der Waals surface area contributed by atoms with E-state index in [1.807, 2.05) is 0 Å². The van der Waals surface area contributed by atoms with Crippen molar-refractivity contribution < 1.29 is 18.7 Å². The molecule has 0 aliphatic carbocycles. The molecule has 0 spiro atoms. The van der Waals surface area contributed by atoms with Crippen LogP contribution in [0.4, 0.5) is 15.0 Å². The lowest BCUT2D eigenvalue weighted by atomic mass is 10.1. The smallest absolute Gasteiger partial charge is 0.407 e. The average molecular weight is 435 g/mol. The first-order valence-electron chi connectivity index (χ1n) is 9.32. The van der Waals surface area contributed by atoms with Crippen molar-refractivity contribution in [2.75, 3.05) is 6.54 Å². The Morgan fingerprint density at radius 3 is 2.60 bits per heavy atom. The Balaban J connectivity index is 2.11. The number of amides is 2. The molecule has 0 bridgehead atoms. The number of nitrogens with one attached hydrogen (secondary N) is 2. The van der Waals surface area contributed by atoms with Crippen molar-refractivity contribution in [2.24, 2.45) is 0 Å². The Labute approximate surface area is 180 Å². The van der Waals surface area contributed by atoms with Gasteiger partial charge in [-0.1, -0.05) is 24.2 Å². The zero-order valence-corrected chi connectivity index (χ0v) is 18.0. The molecule has 0 aliphatic heterocycles. The van der Waals surface area contributed by atoms with E-state index in [0.717, 1.165) is 0 Å². The number of ether oxygens (including phenoxy) is 1. The molecule has 2 aromatic rings. The fraction of sp³-hybridized carbons (Fsp3) is 0.381. The number of hydrogen-bond acceptors (Lipinski definition) is 3. The molecule has 0 radical (unpaired) electrons. The molecule has 7 nitrogen and oxygen atoms in total. The summed E-state index contributed by atoms with van der Waals surface area (Å²) in [5, 5.41) is 5.51. The summed E-state index contributed by atoms with van der Waals surface area (Å²) in [6, 6.07) is 6.63. The standard InChI is InChI=1S/C21H24ClFN4O3/c1-13(18-14(22)7-6-8-15(18)23)26-19(28)16-9-10-17(24-5)27(16)12-11-25-20(29)30-21(2,3)4/h6-10,13H,11-12H2,1-4H3,(H,25,29)(H,26,28)/t13-/m0/s1. The predicted molar refractivity (Wildman–Crippen MR) is 112 cm³/mol. The third-order valence-corrected chi connectivity index (χ3v) is 4.42. The van der Waals surface area contributed by atoms with Crippen LogP contribution in [0.2, 0.25) is 5.02 Å². The molecule has 160 valence electrons. The van der Waals surface area contributed by atoms with Gasteiger partial charge in [-0.2, -0.15) is 0 Å². The second-order valence-electron chi connectivity index (χ2n) is 7.60. The van der Waals surface area contributed by atoms with E-state index in [0.29, 0.717) is 0 Å². The average Bonchev–Trinajstić information content (AvgIpc) is 3.03. The number of carbonyl (C=O) groups excluding carboxylic acids is 2. The zero-order valence-electron chi connectivity index (χ0n) is 17.3. The minimum Gasteiger partial charge on any atom is -0.444 e. The van der Waals surface area contributed by atoms with Gasteiger partial charge in [-0.3, -0.25) is 9.36 Å². The number of alkyl carbamates (subject to hydrolysis) is 1. The quantitative estimate of drug-likeness (QED) is 0.638. The maximum Gasteiger partial charge on any atom is 0.407 e. The van der Waals surface area contributed by atoms with Crippen LogP contribution in [-0.4, -0.2) is 28.7 Å². The molecule has 2 N–H and O–H groups in total. The number of aromatic nitrogens is 1. The van der Waals surface area contributed by atoms with Crippen molar-refractivity contribution in [3.8, 4) is 0 Å². The first-order chi connectivity index (χ1) is 14.0. The molecule has 2 amide bonds. The third kappa shape index (κ3) is 5.97. The van der Waals surface area contributed by atoms with E-state index in [2.05, 4.69) is 15.5 Å². The highest BCUT2D eigenvalue weighted by atomic mass is 35.5. The van der Waals surface area contributed by atoms with Gasteiger partial charge in [-0.25, -0.2) is 9.18 Å². The number of hydrogen-bond donors (Lipinski definition) is 2. The highest BCUT2D eigenvalue weighted by molar-refractivity contribution is 6.31. The van der Waals surface area contributed by atoms with Crippen LogP contribution in [0, 0.1) is 12.4 Å². The maximum absolute atomic E-state index is 14.1. The van der Waals surface area contributed by atoms with Crippen molar-refractivity contribution >= 4 is 29.4 Å². The normalized spacial score (nSPS) is 12.0. The summed E-state index contributed by atoms with van der Waals surface area (Å²) in [5.41, 5.74) is -0.233. The van der Waals surface area contributed by atoms with Gasteiger partial charge >= 0.3 is 6.09 Å². The Bertz CT molecular complexity index is 955. The lowest BCUT2D eigenvalue weighted by Crippen LogP contribution is -2.35. The van der Waals surface area contributed by atoms with Gasteiger partial charge in [0, 0.05) is 10.6 Å². The fourth-order valence-electron chi connectivity index (χ4n) is 2.84. The molecule has 1 heterocycles. The van der Waals surface area contributed by atoms with Crippen LogP contribution in [-0.2, 0) is 11.3 Å². The molecule has 9 heteroatoms. The topological polar surface area (TPSA) is 76.7 Å². The molecule has 0 unspecified atom stereocenters. The minimum absolute atomic E-state index is 0.154. The third-order valence-electron chi connectivity index (χ3n) is 4.09. The maximum atomic E-state index is 14.1. The Kier molecular flexibility index (Phi) is 7.46. The summed E-state index contributed by atoms with van der Waals surface area (Å²) in [6.45, 7) is 14.5. The molecular weight excluding hydrogens is 411 g/mol. The molecule has 0 saturated carbocycles. The van der Waals surface area contributed by atoms with Crippen molar-refractivity contribution in [2.45, 2.75) is 45.9 Å². The summed E-state index contributed by atoms with van der Waals surface area (Å²) in [6.07, 6.45) is -0.590. The molecule has 0 fully saturated rings. The van der Waals surface area contributed by atoms with E-state index >= 15 is 0 Å². The van der Waals surface area contributed by atoms with E-state index in [-0.39, 0.29) is 35.2 Å². The van der Waals surface area contributed by atoms with Gasteiger partial charge in [0.25, 0.3) is 5.91 Å². The first-order valence-corrected chi connectivity index (χ1v) is 9.70. The van der Waals surface area contributed by atoms with Gasteiger partial charge in [0.2, 0.25) is 5.82 Å². The highest BCUT2D eigenvalue weighted by Gasteiger charge is 2.23. The van der Waals surface area contributed by atoms with Crippen LogP contribution in [0.3, 0.4) is 0 Å². The van der Waals surface area contributed by atoms with Crippen LogP contribution in [0.15, 0.2) is 30.3 Å². The van der Waals surface area contributed by atoms with Crippen LogP contribution in [0.5, 0.6) is 0 Å². The van der Waals surface area contributed by atoms with Crippen LogP contribution in [0.1, 0.15) is 49.8 Å². The molecule has 30 heavy (non-hydrogen) atoms. The van der Waals surface area contributed by atoms with Gasteiger partial charge in [0.05, 0.1) is 19.1 Å². The lowest BCUT2D eigenvalue weighted by Gasteiger charge is -2.19. The molecule has 1 aromatic heterocycles. The van der Waals surface area contributed by atoms with Gasteiger partial charge < -0.3 is 20.2 Å². The second kappa shape index (κ2) is 9.63. The van der Waals surface area contributed by atoms with E-state index < -0.39 is 29.5 Å². The molecule has 0 saturated heterocycles. The zero-order chi connectivity index (χ0) is 22.5. The van der Waals surface area contributed by atoms with E-state index in [9.17, 15) is 14.0 Å². The number of rotatable bonds is 6. The summed E-state index contributed by atoms with van der Waals surface area (Å²) >= 11 is 6.07. The summed E-state index contributed by atoms with van der Waals surface area (Å²) in [7, 11) is 0. The summed E-state index contributed by atoms with van der Waals surface area (Å²) in [4.78, 5) is 28.0. The number of halogens is 2. The minimum atomic E-state index is -0.689. The molecule has 1 aromatic carbocycles. The van der Waals surface area contributed by atoms with Gasteiger partial charge in [-0.15, -0.1) is 0 Å². The van der Waals surface area contributed by atoms with E-state index in [1.54, 1.807) is 33.8 Å². The van der Waals surface area contributed by atoms with E-state index in [4.69, 9.17) is 22.9 Å². The van der Waals surface area contributed by atoms with Gasteiger partial charge in [-0.05, 0) is 52.0 Å². The fourth-order valence-corrected chi connectivity index (χ4v) is 3.17. The van der Waals surface area contributed by atoms with Crippen molar-refractivity contribution in [3.05, 3.63) is 63.8 Å². The van der Waals surface area contributed by atoms with Gasteiger partial charge in [0.1, 0.15) is 11.4 Å². The Morgan fingerprint density at radius 2 is 2.00 bits per heavy atom.